The van der Waals surface area contributed by atoms with Crippen molar-refractivity contribution in [3.8, 4) is 0 Å². The van der Waals surface area contributed by atoms with E-state index < -0.39 is 28.3 Å². The average molecular weight is 857 g/mol. The van der Waals surface area contributed by atoms with Gasteiger partial charge in [-0.15, -0.1) is 22.7 Å². The van der Waals surface area contributed by atoms with E-state index in [-0.39, 0.29) is 37.0 Å². The summed E-state index contributed by atoms with van der Waals surface area (Å²) in [5, 5.41) is 0.819. The number of thioether (sulfide) groups is 2. The lowest BCUT2D eigenvalue weighted by atomic mass is 10.0. The first-order valence-corrected chi connectivity index (χ1v) is 19.6. The number of thiazole rings is 2. The average Bonchev–Trinajstić information content (AvgIpc) is 3.82. The van der Waals surface area contributed by atoms with E-state index in [4.69, 9.17) is 5.73 Å². The molecule has 19 heteroatoms. The minimum atomic E-state index is -4.49. The number of esters is 1. The Morgan fingerprint density at radius 3 is 1.62 bits per heavy atom. The van der Waals surface area contributed by atoms with Crippen molar-refractivity contribution in [1.29, 1.82) is 0 Å². The molecule has 2 aromatic carbocycles. The maximum atomic E-state index is 12.6. The van der Waals surface area contributed by atoms with Gasteiger partial charge in [0.05, 0.1) is 19.2 Å². The number of amides is 1. The number of hydrogen-bond donors (Lipinski definition) is 2. The fourth-order valence-corrected chi connectivity index (χ4v) is 8.20. The summed E-state index contributed by atoms with van der Waals surface area (Å²) in [6, 6.07) is 10.5. The van der Waals surface area contributed by atoms with E-state index in [0.717, 1.165) is 48.7 Å². The minimum Gasteiger partial charge on any atom is -0.465 e. The molecular weight excluding hydrogens is 823 g/mol. The zero-order valence-corrected chi connectivity index (χ0v) is 33.6. The van der Waals surface area contributed by atoms with Gasteiger partial charge in [-0.1, -0.05) is 23.5 Å². The van der Waals surface area contributed by atoms with Crippen LogP contribution in [0.25, 0.3) is 0 Å². The number of carbonyl (C=O) groups is 4. The fourth-order valence-electron chi connectivity index (χ4n) is 4.83. The van der Waals surface area contributed by atoms with Crippen LogP contribution in [0.3, 0.4) is 0 Å². The second kappa shape index (κ2) is 18.8. The van der Waals surface area contributed by atoms with E-state index in [1.807, 2.05) is 26.8 Å². The first-order chi connectivity index (χ1) is 26.2. The molecule has 0 saturated carbocycles. The van der Waals surface area contributed by atoms with Crippen molar-refractivity contribution >= 4 is 69.6 Å². The van der Waals surface area contributed by atoms with Gasteiger partial charge in [-0.25, -0.2) is 14.8 Å². The number of methoxy groups -OCH3 is 1. The molecule has 0 bridgehead atoms. The number of halogens is 6. The van der Waals surface area contributed by atoms with Gasteiger partial charge in [-0.3, -0.25) is 14.4 Å². The molecule has 0 aliphatic carbocycles. The van der Waals surface area contributed by atoms with Crippen molar-refractivity contribution in [3.63, 3.8) is 0 Å². The molecule has 9 nitrogen and oxygen atoms in total. The molecule has 2 aliphatic heterocycles. The van der Waals surface area contributed by atoms with Crippen molar-refractivity contribution in [3.05, 3.63) is 112 Å². The smallest absolute Gasteiger partial charge is 0.443 e. The largest absolute Gasteiger partial charge is 0.465 e. The highest BCUT2D eigenvalue weighted by molar-refractivity contribution is 8.03. The van der Waals surface area contributed by atoms with E-state index >= 15 is 0 Å². The number of fused-ring (bicyclic) bond motifs is 2. The van der Waals surface area contributed by atoms with Crippen LogP contribution in [0.2, 0.25) is 0 Å². The third kappa shape index (κ3) is 11.6. The molecule has 0 fully saturated rings. The van der Waals surface area contributed by atoms with E-state index in [9.17, 15) is 45.5 Å². The number of allylic oxidation sites excluding steroid dienone is 4. The van der Waals surface area contributed by atoms with Crippen LogP contribution >= 0.6 is 46.2 Å². The van der Waals surface area contributed by atoms with Crippen molar-refractivity contribution in [2.75, 3.05) is 7.11 Å². The molecule has 298 valence electrons. The van der Waals surface area contributed by atoms with Gasteiger partial charge in [0.2, 0.25) is 0 Å². The lowest BCUT2D eigenvalue weighted by molar-refractivity contribution is -0.138. The van der Waals surface area contributed by atoms with Gasteiger partial charge in [0, 0.05) is 68.0 Å². The molecule has 0 spiro atoms. The number of nitrogens with two attached hydrogens (primary N) is 1. The molecule has 0 saturated heterocycles. The van der Waals surface area contributed by atoms with E-state index in [1.54, 1.807) is 49.0 Å². The molecule has 2 aliphatic rings. The molecule has 4 heterocycles. The first-order valence-electron chi connectivity index (χ1n) is 16.3. The standard InChI is InChI=1S/C18H15F3N2O2S2.C14H14O3S.C5H5F3N2S/c1-9-10(2)26-15-4-3-11(5-12(15)6-14(9)24)16(25)22-7-13-8-23-17(27-13)18(19,20)21;1-8-9(2)18-13-5-4-10(14(16)17-3)6-11(13)7-12(8)15;6-5(7,8)4-10-2-3(1-9)11-4/h3-5,8H,6-7H2,1-2H3,(H,22,25);4-6H,7H2,1-3H3;2H,1,9H2. The monoisotopic (exact) mass is 856 g/mol. The number of rotatable bonds is 5. The highest BCUT2D eigenvalue weighted by atomic mass is 32.2. The van der Waals surface area contributed by atoms with Gasteiger partial charge in [0.15, 0.2) is 21.6 Å². The van der Waals surface area contributed by atoms with Gasteiger partial charge in [0.25, 0.3) is 5.91 Å². The van der Waals surface area contributed by atoms with Crippen LogP contribution in [-0.4, -0.2) is 40.5 Å². The number of ketones is 2. The maximum absolute atomic E-state index is 12.6. The zero-order chi connectivity index (χ0) is 41.5. The van der Waals surface area contributed by atoms with Gasteiger partial charge >= 0.3 is 18.3 Å². The number of nitrogens with one attached hydrogen (secondary N) is 1. The zero-order valence-electron chi connectivity index (χ0n) is 30.4. The van der Waals surface area contributed by atoms with Crippen LogP contribution in [0, 0.1) is 0 Å². The van der Waals surface area contributed by atoms with Crippen LogP contribution in [-0.2, 0) is 52.6 Å². The second-order valence-corrected chi connectivity index (χ2v) is 16.8. The summed E-state index contributed by atoms with van der Waals surface area (Å²) >= 11 is 4.15. The quantitative estimate of drug-likeness (QED) is 0.147. The van der Waals surface area contributed by atoms with Crippen molar-refractivity contribution in [2.45, 2.75) is 75.8 Å². The number of Topliss-reactive ketones (excluding diaryl/α,β-unsaturated/α-hetero) is 2. The highest BCUT2D eigenvalue weighted by Crippen LogP contribution is 2.38. The molecule has 6 rings (SSSR count). The van der Waals surface area contributed by atoms with Crippen LogP contribution in [0.15, 0.2) is 79.5 Å². The number of nitrogens with zero attached hydrogens (tertiary/aromatic N) is 2. The Bertz CT molecular complexity index is 2210. The highest BCUT2D eigenvalue weighted by Gasteiger charge is 2.35. The topological polar surface area (TPSA) is 141 Å². The molecule has 0 unspecified atom stereocenters. The van der Waals surface area contributed by atoms with E-state index in [0.29, 0.717) is 55.5 Å². The summed E-state index contributed by atoms with van der Waals surface area (Å²) in [6.45, 7) is 7.52. The number of ether oxygens (including phenoxy) is 1. The Balaban J connectivity index is 0.000000206. The predicted molar refractivity (Wildman–Crippen MR) is 203 cm³/mol. The minimum absolute atomic E-state index is 0.0145. The van der Waals surface area contributed by atoms with Gasteiger partial charge in [-0.2, -0.15) is 26.3 Å². The number of aromatic nitrogens is 2. The number of hydrogen-bond acceptors (Lipinski definition) is 12. The molecular formula is C37H34F6N4O5S4. The van der Waals surface area contributed by atoms with Crippen molar-refractivity contribution in [1.82, 2.24) is 15.3 Å². The fraction of sp³-hybridized carbons (Fsp3) is 0.297. The molecule has 3 N–H and O–H groups in total. The van der Waals surface area contributed by atoms with Crippen molar-refractivity contribution in [2.24, 2.45) is 5.73 Å². The third-order valence-corrected chi connectivity index (χ3v) is 12.7. The second-order valence-electron chi connectivity index (χ2n) is 12.0. The summed E-state index contributed by atoms with van der Waals surface area (Å²) in [7, 11) is 1.35. The Morgan fingerprint density at radius 1 is 0.750 bits per heavy atom. The molecule has 0 radical (unpaired) electrons. The van der Waals surface area contributed by atoms with Crippen molar-refractivity contribution < 1.29 is 50.3 Å². The molecule has 2 aromatic heterocycles. The predicted octanol–water partition coefficient (Wildman–Crippen LogP) is 9.21. The summed E-state index contributed by atoms with van der Waals surface area (Å²) < 4.78 is 77.9. The normalized spacial score (nSPS) is 14.4. The Labute approximate surface area is 334 Å². The van der Waals surface area contributed by atoms with Crippen LogP contribution in [0.5, 0.6) is 0 Å². The van der Waals surface area contributed by atoms with Crippen LogP contribution < -0.4 is 11.1 Å². The van der Waals surface area contributed by atoms with Crippen LogP contribution in [0.1, 0.15) is 79.3 Å². The van der Waals surface area contributed by atoms with Gasteiger partial charge < -0.3 is 15.8 Å². The number of alkyl halides is 6. The molecule has 0 atom stereocenters. The van der Waals surface area contributed by atoms with Gasteiger partial charge in [0.1, 0.15) is 0 Å². The summed E-state index contributed by atoms with van der Waals surface area (Å²) in [6.07, 6.45) is -6.01. The Hall–Kier alpha value is -4.30. The SMILES string of the molecule is CC1=C(C)C(=O)Cc2cc(C(=O)NCc3cnc(C(F)(F)F)s3)ccc2S1.COC(=O)c1ccc2c(c1)CC(=O)C(C)=C(C)S2.NCc1cnc(C(F)(F)F)s1. The summed E-state index contributed by atoms with van der Waals surface area (Å²) in [4.78, 5) is 59.1. The molecule has 4 aromatic rings. The Kier molecular flexibility index (Phi) is 14.9. The van der Waals surface area contributed by atoms with E-state index in [2.05, 4.69) is 20.0 Å². The summed E-state index contributed by atoms with van der Waals surface area (Å²) in [5.41, 5.74) is 9.14. The molecule has 1 amide bonds. The lowest BCUT2D eigenvalue weighted by Crippen LogP contribution is -2.22. The van der Waals surface area contributed by atoms with Gasteiger partial charge in [-0.05, 0) is 85.0 Å². The third-order valence-electron chi connectivity index (χ3n) is 8.14. The number of benzene rings is 2. The van der Waals surface area contributed by atoms with E-state index in [1.165, 1.54) is 18.9 Å². The Morgan fingerprint density at radius 2 is 1.20 bits per heavy atom. The number of carbonyl (C=O) groups excluding carboxylic acids is 4. The lowest BCUT2D eigenvalue weighted by Gasteiger charge is -2.09. The van der Waals surface area contributed by atoms with Crippen LogP contribution in [0.4, 0.5) is 26.3 Å². The summed E-state index contributed by atoms with van der Waals surface area (Å²) in [5.74, 6) is -0.662. The first kappa shape index (κ1) is 44.4. The molecule has 56 heavy (non-hydrogen) atoms. The maximum Gasteiger partial charge on any atom is 0.443 e.